The molecule has 0 spiro atoms. The molecule has 1 amide bonds. The molecule has 1 aromatic rings. The van der Waals surface area contributed by atoms with E-state index in [0.717, 1.165) is 11.1 Å². The number of aryl methyl sites for hydroxylation is 2. The SMILES string of the molecule is C.Cc1ccc(C(=O)N(C)C)cc1C. The predicted octanol–water partition coefficient (Wildman–Crippen LogP) is 2.64. The van der Waals surface area contributed by atoms with Gasteiger partial charge in [0.2, 0.25) is 0 Å². The lowest BCUT2D eigenvalue weighted by molar-refractivity contribution is 0.0827. The highest BCUT2D eigenvalue weighted by Crippen LogP contribution is 2.10. The number of hydrogen-bond acceptors (Lipinski definition) is 1. The Labute approximate surface area is 86.5 Å². The van der Waals surface area contributed by atoms with E-state index in [1.165, 1.54) is 5.56 Å². The monoisotopic (exact) mass is 193 g/mol. The van der Waals surface area contributed by atoms with Crippen molar-refractivity contribution in [1.82, 2.24) is 4.90 Å². The summed E-state index contributed by atoms with van der Waals surface area (Å²) in [5.41, 5.74) is 3.14. The second-order valence-corrected chi connectivity index (χ2v) is 3.50. The van der Waals surface area contributed by atoms with Crippen LogP contribution in [0.15, 0.2) is 18.2 Å². The minimum absolute atomic E-state index is 0. The highest BCUT2D eigenvalue weighted by atomic mass is 16.2. The standard InChI is InChI=1S/C11H15NO.CH4/c1-8-5-6-10(7-9(8)2)11(13)12(3)4;/h5-7H,1-4H3;1H4. The van der Waals surface area contributed by atoms with Gasteiger partial charge >= 0.3 is 0 Å². The normalized spacial score (nSPS) is 9.14. The maximum Gasteiger partial charge on any atom is 0.253 e. The maximum absolute atomic E-state index is 11.5. The third-order valence-electron chi connectivity index (χ3n) is 2.16. The molecule has 0 aliphatic carbocycles. The van der Waals surface area contributed by atoms with E-state index >= 15 is 0 Å². The van der Waals surface area contributed by atoms with Crippen molar-refractivity contribution in [3.63, 3.8) is 0 Å². The van der Waals surface area contributed by atoms with Crippen LogP contribution in [-0.4, -0.2) is 24.9 Å². The fourth-order valence-electron chi connectivity index (χ4n) is 1.13. The van der Waals surface area contributed by atoms with Crippen LogP contribution in [0.2, 0.25) is 0 Å². The summed E-state index contributed by atoms with van der Waals surface area (Å²) in [5, 5.41) is 0. The summed E-state index contributed by atoms with van der Waals surface area (Å²) in [6.45, 7) is 4.06. The Morgan fingerprint density at radius 1 is 1.14 bits per heavy atom. The van der Waals surface area contributed by atoms with Gasteiger partial charge in [0.15, 0.2) is 0 Å². The van der Waals surface area contributed by atoms with Crippen LogP contribution in [0.5, 0.6) is 0 Å². The zero-order chi connectivity index (χ0) is 10.0. The Morgan fingerprint density at radius 3 is 2.14 bits per heavy atom. The molecule has 0 fully saturated rings. The molecule has 0 saturated heterocycles. The second kappa shape index (κ2) is 4.80. The second-order valence-electron chi connectivity index (χ2n) is 3.50. The Bertz CT molecular complexity index is 329. The molecule has 2 nitrogen and oxygen atoms in total. The van der Waals surface area contributed by atoms with E-state index in [1.54, 1.807) is 19.0 Å². The summed E-state index contributed by atoms with van der Waals surface area (Å²) < 4.78 is 0. The van der Waals surface area contributed by atoms with E-state index in [-0.39, 0.29) is 13.3 Å². The fourth-order valence-corrected chi connectivity index (χ4v) is 1.13. The van der Waals surface area contributed by atoms with Crippen LogP contribution in [0.25, 0.3) is 0 Å². The highest BCUT2D eigenvalue weighted by Gasteiger charge is 2.07. The minimum atomic E-state index is 0. The van der Waals surface area contributed by atoms with Gasteiger partial charge in [-0.05, 0) is 37.1 Å². The molecule has 2 heteroatoms. The molecule has 14 heavy (non-hydrogen) atoms. The molecule has 78 valence electrons. The van der Waals surface area contributed by atoms with E-state index in [1.807, 2.05) is 32.0 Å². The molecule has 0 heterocycles. The lowest BCUT2D eigenvalue weighted by Gasteiger charge is -2.11. The topological polar surface area (TPSA) is 20.3 Å². The van der Waals surface area contributed by atoms with Crippen LogP contribution >= 0.6 is 0 Å². The van der Waals surface area contributed by atoms with Gasteiger partial charge in [0.05, 0.1) is 0 Å². The Kier molecular flexibility index (Phi) is 4.35. The van der Waals surface area contributed by atoms with Crippen LogP contribution in [0.3, 0.4) is 0 Å². The molecule has 0 aliphatic heterocycles. The van der Waals surface area contributed by atoms with Gasteiger partial charge in [-0.1, -0.05) is 13.5 Å². The first-order valence-corrected chi connectivity index (χ1v) is 4.31. The van der Waals surface area contributed by atoms with Gasteiger partial charge in [-0.25, -0.2) is 0 Å². The summed E-state index contributed by atoms with van der Waals surface area (Å²) in [6, 6.07) is 5.77. The minimum Gasteiger partial charge on any atom is -0.345 e. The maximum atomic E-state index is 11.5. The van der Waals surface area contributed by atoms with Gasteiger partial charge in [0, 0.05) is 19.7 Å². The number of nitrogens with zero attached hydrogens (tertiary/aromatic N) is 1. The molecule has 0 N–H and O–H groups in total. The van der Waals surface area contributed by atoms with Crippen LogP contribution in [0.4, 0.5) is 0 Å². The van der Waals surface area contributed by atoms with Crippen molar-refractivity contribution in [2.75, 3.05) is 14.1 Å². The molecular formula is C12H19NO. The van der Waals surface area contributed by atoms with E-state index in [9.17, 15) is 4.79 Å². The van der Waals surface area contributed by atoms with Crippen molar-refractivity contribution in [2.24, 2.45) is 0 Å². The highest BCUT2D eigenvalue weighted by molar-refractivity contribution is 5.94. The summed E-state index contributed by atoms with van der Waals surface area (Å²) in [6.07, 6.45) is 0. The Morgan fingerprint density at radius 2 is 1.71 bits per heavy atom. The van der Waals surface area contributed by atoms with Gasteiger partial charge in [0.25, 0.3) is 5.91 Å². The van der Waals surface area contributed by atoms with Gasteiger partial charge in [-0.15, -0.1) is 0 Å². The number of rotatable bonds is 1. The van der Waals surface area contributed by atoms with E-state index < -0.39 is 0 Å². The predicted molar refractivity (Wildman–Crippen MR) is 60.7 cm³/mol. The number of carbonyl (C=O) groups excluding carboxylic acids is 1. The molecule has 0 radical (unpaired) electrons. The van der Waals surface area contributed by atoms with Gasteiger partial charge in [0.1, 0.15) is 0 Å². The number of hydrogen-bond donors (Lipinski definition) is 0. The Hall–Kier alpha value is -1.31. The van der Waals surface area contributed by atoms with Crippen molar-refractivity contribution in [3.05, 3.63) is 34.9 Å². The van der Waals surface area contributed by atoms with Crippen molar-refractivity contribution in [1.29, 1.82) is 0 Å². The van der Waals surface area contributed by atoms with Crippen LogP contribution in [0.1, 0.15) is 28.9 Å². The molecule has 1 aromatic carbocycles. The van der Waals surface area contributed by atoms with E-state index in [0.29, 0.717) is 0 Å². The first kappa shape index (κ1) is 12.7. The molecule has 0 unspecified atom stereocenters. The van der Waals surface area contributed by atoms with Gasteiger partial charge in [-0.3, -0.25) is 4.79 Å². The van der Waals surface area contributed by atoms with Crippen LogP contribution < -0.4 is 0 Å². The molecule has 0 aromatic heterocycles. The number of amides is 1. The molecule has 0 bridgehead atoms. The first-order valence-electron chi connectivity index (χ1n) is 4.31. The van der Waals surface area contributed by atoms with Gasteiger partial charge < -0.3 is 4.90 Å². The van der Waals surface area contributed by atoms with Crippen molar-refractivity contribution in [2.45, 2.75) is 21.3 Å². The smallest absolute Gasteiger partial charge is 0.253 e. The van der Waals surface area contributed by atoms with Crippen molar-refractivity contribution < 1.29 is 4.79 Å². The van der Waals surface area contributed by atoms with Crippen LogP contribution in [0, 0.1) is 13.8 Å². The first-order chi connectivity index (χ1) is 6.02. The number of carbonyl (C=O) groups is 1. The fraction of sp³-hybridized carbons (Fsp3) is 0.417. The zero-order valence-electron chi connectivity index (χ0n) is 8.59. The largest absolute Gasteiger partial charge is 0.345 e. The lowest BCUT2D eigenvalue weighted by Crippen LogP contribution is -2.21. The summed E-state index contributed by atoms with van der Waals surface area (Å²) >= 11 is 0. The van der Waals surface area contributed by atoms with E-state index in [2.05, 4.69) is 0 Å². The molecular weight excluding hydrogens is 174 g/mol. The summed E-state index contributed by atoms with van der Waals surface area (Å²) in [5.74, 6) is 0.0584. The number of benzene rings is 1. The third-order valence-corrected chi connectivity index (χ3v) is 2.16. The molecule has 0 atom stereocenters. The van der Waals surface area contributed by atoms with Gasteiger partial charge in [-0.2, -0.15) is 0 Å². The summed E-state index contributed by atoms with van der Waals surface area (Å²) in [7, 11) is 3.52. The van der Waals surface area contributed by atoms with Crippen molar-refractivity contribution in [3.8, 4) is 0 Å². The average Bonchev–Trinajstić information content (AvgIpc) is 2.08. The van der Waals surface area contributed by atoms with Crippen LogP contribution in [-0.2, 0) is 0 Å². The summed E-state index contributed by atoms with van der Waals surface area (Å²) in [4.78, 5) is 13.1. The quantitative estimate of drug-likeness (QED) is 0.671. The van der Waals surface area contributed by atoms with E-state index in [4.69, 9.17) is 0 Å². The third kappa shape index (κ3) is 2.59. The molecule has 1 rings (SSSR count). The Balaban J connectivity index is 0.00000169. The zero-order valence-corrected chi connectivity index (χ0v) is 8.59. The average molecular weight is 193 g/mol. The lowest BCUT2D eigenvalue weighted by atomic mass is 10.1. The molecule has 0 saturated carbocycles. The molecule has 0 aliphatic rings. The van der Waals surface area contributed by atoms with Crippen molar-refractivity contribution >= 4 is 5.91 Å².